The summed E-state index contributed by atoms with van der Waals surface area (Å²) in [6.07, 6.45) is 0.428. The highest BCUT2D eigenvalue weighted by Gasteiger charge is 2.45. The third kappa shape index (κ3) is 4.99. The maximum atomic E-state index is 14.5. The largest absolute Gasteiger partial charge is 0.393 e. The number of aliphatic hydroxyl groups excluding tert-OH is 1. The second kappa shape index (κ2) is 8.99. The average molecular weight is 463 g/mol. The van der Waals surface area contributed by atoms with Crippen LogP contribution in [0.15, 0.2) is 47.6 Å². The Bertz CT molecular complexity index is 1150. The number of aliphatic hydroxyl groups is 1. The van der Waals surface area contributed by atoms with Gasteiger partial charge in [-0.1, -0.05) is 41.6 Å². The van der Waals surface area contributed by atoms with Gasteiger partial charge in [-0.05, 0) is 43.0 Å². The summed E-state index contributed by atoms with van der Waals surface area (Å²) in [7, 11) is -3.74. The Morgan fingerprint density at radius 1 is 1.28 bits per heavy atom. The number of amides is 1. The molecule has 0 fully saturated rings. The van der Waals surface area contributed by atoms with E-state index in [9.17, 15) is 22.7 Å². The van der Waals surface area contributed by atoms with Crippen molar-refractivity contribution in [2.75, 3.05) is 6.26 Å². The van der Waals surface area contributed by atoms with Gasteiger partial charge in [-0.2, -0.15) is 0 Å². The fraction of sp³-hybridized carbons (Fsp3) is 0.391. The predicted molar refractivity (Wildman–Crippen MR) is 120 cm³/mol. The van der Waals surface area contributed by atoms with Gasteiger partial charge in [0.2, 0.25) is 5.91 Å². The first-order valence-corrected chi connectivity index (χ1v) is 12.1. The van der Waals surface area contributed by atoms with Gasteiger partial charge in [0.05, 0.1) is 11.8 Å². The van der Waals surface area contributed by atoms with Crippen LogP contribution in [0.4, 0.5) is 4.39 Å². The summed E-state index contributed by atoms with van der Waals surface area (Å²) in [6, 6.07) is 12.0. The van der Waals surface area contributed by atoms with Gasteiger partial charge in [0, 0.05) is 24.7 Å². The molecule has 1 aliphatic heterocycles. The van der Waals surface area contributed by atoms with Gasteiger partial charge in [0.25, 0.3) is 0 Å². The van der Waals surface area contributed by atoms with Gasteiger partial charge in [-0.3, -0.25) is 4.79 Å². The smallest absolute Gasteiger partial charge is 0.238 e. The number of oxime groups is 1. The fourth-order valence-electron chi connectivity index (χ4n) is 3.68. The third-order valence-electron chi connectivity index (χ3n) is 5.78. The normalized spacial score (nSPS) is 19.0. The Balaban J connectivity index is 1.72. The SMILES string of the molecule is CC(O)Cc1ccc(-c2ccc(C3=NOC(CC(C)(C(N)=O)S(C)(=O)=O)C3)cc2)c(F)c1. The first-order chi connectivity index (χ1) is 14.9. The molecule has 0 aliphatic carbocycles. The van der Waals surface area contributed by atoms with E-state index in [4.69, 9.17) is 10.6 Å². The number of nitrogens with zero attached hydrogens (tertiary/aromatic N) is 1. The third-order valence-corrected chi connectivity index (χ3v) is 7.79. The number of nitrogens with two attached hydrogens (primary N) is 1. The zero-order valence-corrected chi connectivity index (χ0v) is 19.0. The van der Waals surface area contributed by atoms with Crippen LogP contribution in [0.25, 0.3) is 11.1 Å². The Kier molecular flexibility index (Phi) is 6.71. The lowest BCUT2D eigenvalue weighted by atomic mass is 9.95. The van der Waals surface area contributed by atoms with Crippen molar-refractivity contribution in [1.29, 1.82) is 0 Å². The Labute approximate surface area is 187 Å². The van der Waals surface area contributed by atoms with Gasteiger partial charge in [-0.25, -0.2) is 12.8 Å². The highest BCUT2D eigenvalue weighted by molar-refractivity contribution is 7.92. The molecule has 0 saturated heterocycles. The number of halogens is 1. The van der Waals surface area contributed by atoms with Crippen LogP contribution in [0.3, 0.4) is 0 Å². The minimum absolute atomic E-state index is 0.101. The molecule has 3 atom stereocenters. The lowest BCUT2D eigenvalue weighted by Crippen LogP contribution is -2.49. The molecule has 9 heteroatoms. The summed E-state index contributed by atoms with van der Waals surface area (Å²) in [5.74, 6) is -1.30. The Morgan fingerprint density at radius 2 is 1.91 bits per heavy atom. The molecule has 172 valence electrons. The minimum Gasteiger partial charge on any atom is -0.393 e. The van der Waals surface area contributed by atoms with E-state index in [-0.39, 0.29) is 12.2 Å². The lowest BCUT2D eigenvalue weighted by molar-refractivity contribution is -0.121. The first-order valence-electron chi connectivity index (χ1n) is 10.2. The minimum atomic E-state index is -3.74. The average Bonchev–Trinajstić information content (AvgIpc) is 3.15. The number of hydrogen-bond donors (Lipinski definition) is 2. The quantitative estimate of drug-likeness (QED) is 0.625. The predicted octanol–water partition coefficient (Wildman–Crippen LogP) is 2.59. The van der Waals surface area contributed by atoms with Gasteiger partial charge < -0.3 is 15.7 Å². The highest BCUT2D eigenvalue weighted by atomic mass is 32.2. The van der Waals surface area contributed by atoms with Crippen molar-refractivity contribution in [3.8, 4) is 11.1 Å². The van der Waals surface area contributed by atoms with Crippen molar-refractivity contribution in [2.24, 2.45) is 10.9 Å². The molecule has 1 amide bonds. The molecular weight excluding hydrogens is 435 g/mol. The Morgan fingerprint density at radius 3 is 2.44 bits per heavy atom. The number of carbonyl (C=O) groups excluding carboxylic acids is 1. The molecule has 32 heavy (non-hydrogen) atoms. The molecule has 3 rings (SSSR count). The monoisotopic (exact) mass is 462 g/mol. The second-order valence-electron chi connectivity index (χ2n) is 8.49. The zero-order valence-electron chi connectivity index (χ0n) is 18.2. The van der Waals surface area contributed by atoms with Crippen LogP contribution in [-0.4, -0.2) is 48.4 Å². The van der Waals surface area contributed by atoms with Crippen LogP contribution in [0.2, 0.25) is 0 Å². The Hall–Kier alpha value is -2.78. The van der Waals surface area contributed by atoms with Crippen molar-refractivity contribution in [2.45, 2.75) is 50.1 Å². The van der Waals surface area contributed by atoms with E-state index in [1.807, 2.05) is 0 Å². The highest BCUT2D eigenvalue weighted by Crippen LogP contribution is 2.30. The van der Waals surface area contributed by atoms with Crippen molar-refractivity contribution in [1.82, 2.24) is 0 Å². The molecule has 0 radical (unpaired) electrons. The van der Waals surface area contributed by atoms with Crippen molar-refractivity contribution < 1.29 is 27.5 Å². The summed E-state index contributed by atoms with van der Waals surface area (Å²) in [4.78, 5) is 17.2. The van der Waals surface area contributed by atoms with Gasteiger partial charge in [0.1, 0.15) is 11.9 Å². The fourth-order valence-corrected chi connectivity index (χ4v) is 4.53. The summed E-state index contributed by atoms with van der Waals surface area (Å²) in [6.45, 7) is 2.95. The molecule has 0 saturated carbocycles. The molecular formula is C23H27FN2O5S. The van der Waals surface area contributed by atoms with E-state index in [0.29, 0.717) is 29.7 Å². The van der Waals surface area contributed by atoms with Crippen molar-refractivity contribution >= 4 is 21.5 Å². The van der Waals surface area contributed by atoms with Crippen molar-refractivity contribution in [3.63, 3.8) is 0 Å². The number of hydrogen-bond acceptors (Lipinski definition) is 6. The van der Waals surface area contributed by atoms with Crippen LogP contribution in [0.1, 0.15) is 37.8 Å². The summed E-state index contributed by atoms with van der Waals surface area (Å²) in [5, 5.41) is 13.5. The van der Waals surface area contributed by atoms with E-state index in [1.165, 1.54) is 13.0 Å². The van der Waals surface area contributed by atoms with Gasteiger partial charge in [-0.15, -0.1) is 0 Å². The van der Waals surface area contributed by atoms with Crippen LogP contribution in [0, 0.1) is 5.82 Å². The number of primary amides is 1. The van der Waals surface area contributed by atoms with Crippen LogP contribution < -0.4 is 5.73 Å². The molecule has 0 bridgehead atoms. The zero-order chi connectivity index (χ0) is 23.7. The molecule has 7 nitrogen and oxygen atoms in total. The first kappa shape index (κ1) is 23.9. The summed E-state index contributed by atoms with van der Waals surface area (Å²) in [5.41, 5.74) is 8.55. The molecule has 0 spiro atoms. The summed E-state index contributed by atoms with van der Waals surface area (Å²) >= 11 is 0. The van der Waals surface area contributed by atoms with E-state index >= 15 is 0 Å². The molecule has 3 unspecified atom stereocenters. The maximum absolute atomic E-state index is 14.5. The lowest BCUT2D eigenvalue weighted by Gasteiger charge is -2.25. The van der Waals surface area contributed by atoms with Gasteiger partial charge >= 0.3 is 0 Å². The molecule has 2 aromatic carbocycles. The topological polar surface area (TPSA) is 119 Å². The van der Waals surface area contributed by atoms with Crippen LogP contribution in [-0.2, 0) is 25.9 Å². The molecule has 1 heterocycles. The second-order valence-corrected chi connectivity index (χ2v) is 10.9. The van der Waals surface area contributed by atoms with E-state index in [1.54, 1.807) is 43.3 Å². The maximum Gasteiger partial charge on any atom is 0.238 e. The van der Waals surface area contributed by atoms with E-state index < -0.39 is 32.7 Å². The van der Waals surface area contributed by atoms with Gasteiger partial charge in [0.15, 0.2) is 14.6 Å². The molecule has 0 aromatic heterocycles. The number of benzene rings is 2. The summed E-state index contributed by atoms with van der Waals surface area (Å²) < 4.78 is 36.9. The molecule has 2 aromatic rings. The molecule has 1 aliphatic rings. The van der Waals surface area contributed by atoms with Crippen molar-refractivity contribution in [3.05, 3.63) is 59.4 Å². The van der Waals surface area contributed by atoms with E-state index in [2.05, 4.69) is 5.16 Å². The van der Waals surface area contributed by atoms with Crippen LogP contribution >= 0.6 is 0 Å². The standard InChI is InChI=1S/C23H27FN2O5S/c1-14(27)10-15-4-9-19(20(24)11-15)16-5-7-17(8-6-16)21-12-18(31-26-21)13-23(2,22(25)28)32(3,29)30/h4-9,11,14,18,27H,10,12-13H2,1-3H3,(H2,25,28). The van der Waals surface area contributed by atoms with E-state index in [0.717, 1.165) is 17.4 Å². The number of sulfone groups is 1. The molecule has 3 N–H and O–H groups in total. The number of carbonyl (C=O) groups is 1. The van der Waals surface area contributed by atoms with Crippen LogP contribution in [0.5, 0.6) is 0 Å². The number of rotatable bonds is 8.